The molecule has 2 atom stereocenters. The van der Waals surface area contributed by atoms with Gasteiger partial charge in [0.05, 0.1) is 24.2 Å². The number of rotatable bonds is 7. The molecule has 0 heterocycles. The van der Waals surface area contributed by atoms with E-state index in [1.165, 1.54) is 18.7 Å². The molecule has 170 valence electrons. The van der Waals surface area contributed by atoms with Crippen LogP contribution < -0.4 is 26.8 Å². The van der Waals surface area contributed by atoms with Gasteiger partial charge in [-0.15, -0.1) is 0 Å². The van der Waals surface area contributed by atoms with Crippen molar-refractivity contribution in [1.29, 1.82) is 0 Å². The molecule has 3 aromatic rings. The van der Waals surface area contributed by atoms with Crippen molar-refractivity contribution in [2.24, 2.45) is 5.73 Å². The van der Waals surface area contributed by atoms with Crippen LogP contribution in [0.5, 0.6) is 5.75 Å². The Morgan fingerprint density at radius 1 is 1.00 bits per heavy atom. The van der Waals surface area contributed by atoms with Crippen molar-refractivity contribution >= 4 is 29.1 Å². The molecule has 0 spiro atoms. The quantitative estimate of drug-likeness (QED) is 0.405. The minimum Gasteiger partial charge on any atom is -0.495 e. The number of ether oxygens (including phenoxy) is 2. The third kappa shape index (κ3) is 5.42. The maximum atomic E-state index is 12.6. The molecular weight excluding hydrogens is 420 g/mol. The van der Waals surface area contributed by atoms with Crippen LogP contribution in [-0.2, 0) is 11.3 Å². The van der Waals surface area contributed by atoms with Gasteiger partial charge in [-0.25, -0.2) is 4.79 Å². The number of nitrogens with two attached hydrogens (primary N) is 2. The van der Waals surface area contributed by atoms with Crippen molar-refractivity contribution in [2.45, 2.75) is 25.0 Å². The largest absolute Gasteiger partial charge is 0.495 e. The predicted molar refractivity (Wildman–Crippen MR) is 127 cm³/mol. The number of benzene rings is 3. The summed E-state index contributed by atoms with van der Waals surface area (Å²) in [5.41, 5.74) is 15.6. The highest BCUT2D eigenvalue weighted by molar-refractivity contribution is 6.06. The van der Waals surface area contributed by atoms with Crippen molar-refractivity contribution in [3.05, 3.63) is 83.4 Å². The number of anilines is 3. The second kappa shape index (κ2) is 9.62. The Bertz CT molecular complexity index is 1160. The zero-order chi connectivity index (χ0) is 23.4. The summed E-state index contributed by atoms with van der Waals surface area (Å²) in [7, 11) is 1.45. The van der Waals surface area contributed by atoms with Crippen LogP contribution in [0, 0.1) is 0 Å². The number of nitrogen functional groups attached to an aromatic ring is 1. The zero-order valence-electron chi connectivity index (χ0n) is 18.2. The third-order valence-electron chi connectivity index (χ3n) is 5.53. The van der Waals surface area contributed by atoms with Crippen LogP contribution in [0.15, 0.2) is 66.7 Å². The normalized spacial score (nSPS) is 16.5. The van der Waals surface area contributed by atoms with Gasteiger partial charge in [0.1, 0.15) is 12.4 Å². The van der Waals surface area contributed by atoms with Crippen molar-refractivity contribution < 1.29 is 19.1 Å². The molecule has 0 aliphatic heterocycles. The summed E-state index contributed by atoms with van der Waals surface area (Å²) >= 11 is 0. The first-order valence-electron chi connectivity index (χ1n) is 10.6. The highest BCUT2D eigenvalue weighted by Gasteiger charge is 2.34. The third-order valence-corrected chi connectivity index (χ3v) is 5.53. The minimum atomic E-state index is -0.629. The lowest BCUT2D eigenvalue weighted by atomic mass is 10.1. The van der Waals surface area contributed by atoms with E-state index >= 15 is 0 Å². The van der Waals surface area contributed by atoms with E-state index in [1.54, 1.807) is 36.4 Å². The van der Waals surface area contributed by atoms with Crippen molar-refractivity contribution in [2.75, 3.05) is 23.5 Å². The van der Waals surface area contributed by atoms with Gasteiger partial charge in [-0.2, -0.15) is 0 Å². The minimum absolute atomic E-state index is 0.129. The fraction of sp³-hybridized carbons (Fsp3) is 0.200. The maximum absolute atomic E-state index is 12.6. The molecule has 2 amide bonds. The Morgan fingerprint density at radius 3 is 2.39 bits per heavy atom. The molecule has 0 aromatic heterocycles. The summed E-state index contributed by atoms with van der Waals surface area (Å²) < 4.78 is 10.7. The van der Waals surface area contributed by atoms with Crippen LogP contribution in [0.25, 0.3) is 0 Å². The second-order valence-electron chi connectivity index (χ2n) is 7.91. The van der Waals surface area contributed by atoms with Crippen molar-refractivity contribution in [3.63, 3.8) is 0 Å². The molecule has 1 saturated carbocycles. The Labute approximate surface area is 191 Å². The van der Waals surface area contributed by atoms with Crippen molar-refractivity contribution in [1.82, 2.24) is 0 Å². The molecule has 1 fully saturated rings. The van der Waals surface area contributed by atoms with E-state index in [1.807, 2.05) is 24.3 Å². The zero-order valence-corrected chi connectivity index (χ0v) is 18.2. The number of para-hydroxylation sites is 2. The summed E-state index contributed by atoms with van der Waals surface area (Å²) in [4.78, 5) is 24.9. The predicted octanol–water partition coefficient (Wildman–Crippen LogP) is 4.09. The summed E-state index contributed by atoms with van der Waals surface area (Å²) in [5, 5.41) is 5.40. The summed E-state index contributed by atoms with van der Waals surface area (Å²) in [6.07, 6.45) is 0.386. The molecule has 6 N–H and O–H groups in total. The molecule has 8 nitrogen and oxygen atoms in total. The van der Waals surface area contributed by atoms with Gasteiger partial charge in [-0.3, -0.25) is 10.1 Å². The summed E-state index contributed by atoms with van der Waals surface area (Å²) in [5.74, 6) is 0.410. The second-order valence-corrected chi connectivity index (χ2v) is 7.91. The van der Waals surface area contributed by atoms with Gasteiger partial charge >= 0.3 is 6.09 Å². The lowest BCUT2D eigenvalue weighted by molar-refractivity contribution is 0.102. The van der Waals surface area contributed by atoms with E-state index in [-0.39, 0.29) is 18.6 Å². The van der Waals surface area contributed by atoms with Crippen molar-refractivity contribution in [3.8, 4) is 5.75 Å². The van der Waals surface area contributed by atoms with E-state index in [4.69, 9.17) is 20.9 Å². The molecule has 0 radical (unpaired) electrons. The average Bonchev–Trinajstić information content (AvgIpc) is 3.56. The van der Waals surface area contributed by atoms with Crippen LogP contribution in [0.4, 0.5) is 21.9 Å². The van der Waals surface area contributed by atoms with Crippen LogP contribution in [0.2, 0.25) is 0 Å². The number of carbonyl (C=O) groups excluding carboxylic acids is 2. The Hall–Kier alpha value is -4.04. The smallest absolute Gasteiger partial charge is 0.412 e. The van der Waals surface area contributed by atoms with Crippen LogP contribution in [-0.4, -0.2) is 25.2 Å². The molecule has 1 aliphatic carbocycles. The van der Waals surface area contributed by atoms with Crippen LogP contribution in [0.3, 0.4) is 0 Å². The maximum Gasteiger partial charge on any atom is 0.412 e. The first-order valence-corrected chi connectivity index (χ1v) is 10.6. The topological polar surface area (TPSA) is 129 Å². The number of nitrogens with one attached hydrogen (secondary N) is 2. The molecular formula is C25H26N4O4. The number of methoxy groups -OCH3 is 1. The van der Waals surface area contributed by atoms with Gasteiger partial charge in [0.15, 0.2) is 0 Å². The van der Waals surface area contributed by atoms with E-state index in [0.717, 1.165) is 12.0 Å². The Morgan fingerprint density at radius 2 is 1.73 bits per heavy atom. The molecule has 4 rings (SSSR count). The first-order chi connectivity index (χ1) is 15.9. The molecule has 1 aliphatic rings. The van der Waals surface area contributed by atoms with E-state index in [9.17, 15) is 9.59 Å². The molecule has 8 heteroatoms. The van der Waals surface area contributed by atoms with Gasteiger partial charge in [0, 0.05) is 17.5 Å². The van der Waals surface area contributed by atoms with E-state index < -0.39 is 6.09 Å². The standard InChI is InChI=1S/C25H26N4O4/c1-32-23-12-17(24(30)28-21-5-3-2-4-19(21)26)10-11-22(23)29-25(31)33-14-15-6-8-16(9-7-15)18-13-20(18)27/h2-12,18,20H,13-14,26-27H2,1H3,(H,28,30)(H,29,31)/t18?,20-/m0/s1. The number of hydrogen-bond donors (Lipinski definition) is 4. The van der Waals surface area contributed by atoms with E-state index in [0.29, 0.717) is 34.3 Å². The summed E-state index contributed by atoms with van der Waals surface area (Å²) in [6, 6.07) is 19.8. The lowest BCUT2D eigenvalue weighted by Gasteiger charge is -2.13. The monoisotopic (exact) mass is 446 g/mol. The molecule has 3 aromatic carbocycles. The average molecular weight is 447 g/mol. The number of hydrogen-bond acceptors (Lipinski definition) is 6. The number of carbonyl (C=O) groups is 2. The number of amides is 2. The van der Waals surface area contributed by atoms with Crippen LogP contribution >= 0.6 is 0 Å². The van der Waals surface area contributed by atoms with Gasteiger partial charge in [-0.05, 0) is 47.9 Å². The highest BCUT2D eigenvalue weighted by atomic mass is 16.5. The van der Waals surface area contributed by atoms with Gasteiger partial charge in [-0.1, -0.05) is 36.4 Å². The fourth-order valence-corrected chi connectivity index (χ4v) is 3.49. The molecule has 33 heavy (non-hydrogen) atoms. The first kappa shape index (κ1) is 22.2. The van der Waals surface area contributed by atoms with Crippen LogP contribution in [0.1, 0.15) is 33.8 Å². The highest BCUT2D eigenvalue weighted by Crippen LogP contribution is 2.38. The summed E-state index contributed by atoms with van der Waals surface area (Å²) in [6.45, 7) is 0.129. The molecule has 0 saturated heterocycles. The SMILES string of the molecule is COc1cc(C(=O)Nc2ccccc2N)ccc1NC(=O)OCc1ccc(C2C[C@@H]2N)cc1. The van der Waals surface area contributed by atoms with Gasteiger partial charge < -0.3 is 26.3 Å². The van der Waals surface area contributed by atoms with Gasteiger partial charge in [0.25, 0.3) is 5.91 Å². The lowest BCUT2D eigenvalue weighted by Crippen LogP contribution is -2.16. The molecule has 0 bridgehead atoms. The Kier molecular flexibility index (Phi) is 6.46. The van der Waals surface area contributed by atoms with Gasteiger partial charge in [0.2, 0.25) is 0 Å². The fourth-order valence-electron chi connectivity index (χ4n) is 3.49. The van der Waals surface area contributed by atoms with E-state index in [2.05, 4.69) is 10.6 Å². The Balaban J connectivity index is 1.35. The molecule has 1 unspecified atom stereocenters.